The molecule has 1 fully saturated rings. The lowest BCUT2D eigenvalue weighted by atomic mass is 9.87. The largest absolute Gasteiger partial charge is 0.465 e. The number of carboxylic acid groups (broad SMARTS) is 1. The SMILES string of the molecule is O=Cc1ccn(C2CC(NC(=O)O)C2)n1. The van der Waals surface area contributed by atoms with E-state index in [1.165, 1.54) is 0 Å². The summed E-state index contributed by atoms with van der Waals surface area (Å²) in [5, 5.41) is 14.9. The number of carbonyl (C=O) groups is 2. The maximum absolute atomic E-state index is 10.4. The minimum atomic E-state index is -0.993. The molecule has 2 N–H and O–H groups in total. The first-order valence-electron chi connectivity index (χ1n) is 4.69. The topological polar surface area (TPSA) is 84.2 Å². The highest BCUT2D eigenvalue weighted by Crippen LogP contribution is 2.31. The quantitative estimate of drug-likeness (QED) is 0.716. The number of nitrogens with zero attached hydrogens (tertiary/aromatic N) is 2. The molecule has 0 radical (unpaired) electrons. The summed E-state index contributed by atoms with van der Waals surface area (Å²) in [5.74, 6) is 0. The Labute approximate surface area is 85.9 Å². The molecule has 0 spiro atoms. The van der Waals surface area contributed by atoms with Crippen molar-refractivity contribution in [2.24, 2.45) is 0 Å². The Morgan fingerprint density at radius 3 is 2.93 bits per heavy atom. The molecule has 1 amide bonds. The smallest absolute Gasteiger partial charge is 0.404 e. The van der Waals surface area contributed by atoms with Crippen molar-refractivity contribution in [1.29, 1.82) is 0 Å². The van der Waals surface area contributed by atoms with Crippen LogP contribution in [-0.4, -0.2) is 33.3 Å². The molecule has 15 heavy (non-hydrogen) atoms. The molecule has 80 valence electrons. The second kappa shape index (κ2) is 3.72. The van der Waals surface area contributed by atoms with E-state index in [0.717, 1.165) is 12.8 Å². The van der Waals surface area contributed by atoms with Gasteiger partial charge >= 0.3 is 6.09 Å². The molecule has 1 saturated carbocycles. The van der Waals surface area contributed by atoms with Gasteiger partial charge in [0.15, 0.2) is 6.29 Å². The van der Waals surface area contributed by atoms with Crippen molar-refractivity contribution in [3.8, 4) is 0 Å². The van der Waals surface area contributed by atoms with E-state index in [-0.39, 0.29) is 12.1 Å². The van der Waals surface area contributed by atoms with Crippen LogP contribution in [0.3, 0.4) is 0 Å². The lowest BCUT2D eigenvalue weighted by molar-refractivity contribution is 0.111. The van der Waals surface area contributed by atoms with Gasteiger partial charge in [0, 0.05) is 12.2 Å². The Kier molecular flexibility index (Phi) is 2.40. The molecule has 0 saturated heterocycles. The summed E-state index contributed by atoms with van der Waals surface area (Å²) < 4.78 is 1.71. The van der Waals surface area contributed by atoms with E-state index < -0.39 is 6.09 Å². The van der Waals surface area contributed by atoms with Gasteiger partial charge in [0.25, 0.3) is 0 Å². The van der Waals surface area contributed by atoms with Crippen molar-refractivity contribution in [2.45, 2.75) is 24.9 Å². The predicted molar refractivity (Wildman–Crippen MR) is 50.8 cm³/mol. The number of amides is 1. The van der Waals surface area contributed by atoms with Gasteiger partial charge in [-0.2, -0.15) is 5.10 Å². The number of aromatic nitrogens is 2. The lowest BCUT2D eigenvalue weighted by Crippen LogP contribution is -2.44. The van der Waals surface area contributed by atoms with E-state index in [1.807, 2.05) is 0 Å². The maximum atomic E-state index is 10.4. The van der Waals surface area contributed by atoms with E-state index in [0.29, 0.717) is 12.0 Å². The average Bonchev–Trinajstić information content (AvgIpc) is 2.58. The van der Waals surface area contributed by atoms with E-state index in [4.69, 9.17) is 5.11 Å². The second-order valence-corrected chi connectivity index (χ2v) is 3.61. The zero-order chi connectivity index (χ0) is 10.8. The summed E-state index contributed by atoms with van der Waals surface area (Å²) in [6.45, 7) is 0. The minimum absolute atomic E-state index is 0.0105. The van der Waals surface area contributed by atoms with Gasteiger partial charge in [0.1, 0.15) is 5.69 Å². The van der Waals surface area contributed by atoms with E-state index in [1.54, 1.807) is 16.9 Å². The van der Waals surface area contributed by atoms with Crippen molar-refractivity contribution in [3.63, 3.8) is 0 Å². The van der Waals surface area contributed by atoms with Crippen LogP contribution < -0.4 is 5.32 Å². The molecule has 0 unspecified atom stereocenters. The van der Waals surface area contributed by atoms with Crippen molar-refractivity contribution < 1.29 is 14.7 Å². The summed E-state index contributed by atoms with van der Waals surface area (Å²) in [6, 6.07) is 1.86. The van der Waals surface area contributed by atoms with Gasteiger partial charge in [0.05, 0.1) is 6.04 Å². The molecule has 1 aromatic heterocycles. The van der Waals surface area contributed by atoms with E-state index in [2.05, 4.69) is 10.4 Å². The van der Waals surface area contributed by atoms with Crippen LogP contribution in [0.5, 0.6) is 0 Å². The molecule has 1 heterocycles. The molecule has 6 nitrogen and oxygen atoms in total. The molecule has 0 atom stereocenters. The Balaban J connectivity index is 1.88. The third kappa shape index (κ3) is 1.98. The first-order valence-corrected chi connectivity index (χ1v) is 4.69. The summed E-state index contributed by atoms with van der Waals surface area (Å²) in [4.78, 5) is 20.7. The van der Waals surface area contributed by atoms with Crippen molar-refractivity contribution in [3.05, 3.63) is 18.0 Å². The molecular formula is C9H11N3O3. The van der Waals surface area contributed by atoms with Gasteiger partial charge in [0.2, 0.25) is 0 Å². The molecule has 1 aromatic rings. The fraction of sp³-hybridized carbons (Fsp3) is 0.444. The third-order valence-corrected chi connectivity index (χ3v) is 2.56. The van der Waals surface area contributed by atoms with Gasteiger partial charge in [-0.05, 0) is 18.9 Å². The fourth-order valence-corrected chi connectivity index (χ4v) is 1.72. The second-order valence-electron chi connectivity index (χ2n) is 3.61. The summed E-state index contributed by atoms with van der Waals surface area (Å²) in [7, 11) is 0. The number of hydrogen-bond donors (Lipinski definition) is 2. The molecule has 0 bridgehead atoms. The number of carbonyl (C=O) groups excluding carboxylic acids is 1. The molecule has 1 aliphatic rings. The molecule has 0 aliphatic heterocycles. The lowest BCUT2D eigenvalue weighted by Gasteiger charge is -2.34. The van der Waals surface area contributed by atoms with Crippen LogP contribution in [0.1, 0.15) is 29.4 Å². The standard InChI is InChI=1S/C9H11N3O3/c13-5-6-1-2-12(11-6)8-3-7(4-8)10-9(14)15/h1-2,5,7-8,10H,3-4H2,(H,14,15). The monoisotopic (exact) mass is 209 g/mol. The Morgan fingerprint density at radius 1 is 1.67 bits per heavy atom. The average molecular weight is 209 g/mol. The summed E-state index contributed by atoms with van der Waals surface area (Å²) in [6.07, 6.45) is 2.90. The van der Waals surface area contributed by atoms with Crippen molar-refractivity contribution in [2.75, 3.05) is 0 Å². The van der Waals surface area contributed by atoms with Gasteiger partial charge in [-0.15, -0.1) is 0 Å². The van der Waals surface area contributed by atoms with Crippen LogP contribution in [-0.2, 0) is 0 Å². The van der Waals surface area contributed by atoms with Crippen molar-refractivity contribution in [1.82, 2.24) is 15.1 Å². The highest BCUT2D eigenvalue weighted by Gasteiger charge is 2.31. The molecule has 6 heteroatoms. The molecule has 0 aromatic carbocycles. The molecule has 1 aliphatic carbocycles. The van der Waals surface area contributed by atoms with Gasteiger partial charge in [-0.1, -0.05) is 0 Å². The normalized spacial score (nSPS) is 24.3. The zero-order valence-corrected chi connectivity index (χ0v) is 7.96. The maximum Gasteiger partial charge on any atom is 0.404 e. The third-order valence-electron chi connectivity index (χ3n) is 2.56. The van der Waals surface area contributed by atoms with Crippen LogP contribution >= 0.6 is 0 Å². The van der Waals surface area contributed by atoms with E-state index >= 15 is 0 Å². The molecule has 2 rings (SSSR count). The summed E-state index contributed by atoms with van der Waals surface area (Å²) >= 11 is 0. The Morgan fingerprint density at radius 2 is 2.40 bits per heavy atom. The number of rotatable bonds is 3. The number of nitrogens with one attached hydrogen (secondary N) is 1. The van der Waals surface area contributed by atoms with Crippen molar-refractivity contribution >= 4 is 12.4 Å². The van der Waals surface area contributed by atoms with Crippen LogP contribution in [0.2, 0.25) is 0 Å². The van der Waals surface area contributed by atoms with Crippen LogP contribution in [0.4, 0.5) is 4.79 Å². The first-order chi connectivity index (χ1) is 7.19. The summed E-state index contributed by atoms with van der Waals surface area (Å²) in [5.41, 5.74) is 0.407. The van der Waals surface area contributed by atoms with Crippen LogP contribution in [0.15, 0.2) is 12.3 Å². The highest BCUT2D eigenvalue weighted by atomic mass is 16.4. The molecular weight excluding hydrogens is 198 g/mol. The number of aldehydes is 1. The van der Waals surface area contributed by atoms with Crippen LogP contribution in [0, 0.1) is 0 Å². The first kappa shape index (κ1) is 9.70. The Bertz CT molecular complexity index is 382. The van der Waals surface area contributed by atoms with Gasteiger partial charge in [-0.25, -0.2) is 4.79 Å². The predicted octanol–water partition coefficient (Wildman–Crippen LogP) is 0.667. The van der Waals surface area contributed by atoms with Crippen LogP contribution in [0.25, 0.3) is 0 Å². The fourth-order valence-electron chi connectivity index (χ4n) is 1.72. The number of hydrogen-bond acceptors (Lipinski definition) is 3. The Hall–Kier alpha value is -1.85. The van der Waals surface area contributed by atoms with Gasteiger partial charge < -0.3 is 10.4 Å². The van der Waals surface area contributed by atoms with Gasteiger partial charge in [-0.3, -0.25) is 9.48 Å². The highest BCUT2D eigenvalue weighted by molar-refractivity contribution is 5.71. The van der Waals surface area contributed by atoms with E-state index in [9.17, 15) is 9.59 Å². The zero-order valence-electron chi connectivity index (χ0n) is 7.96. The minimum Gasteiger partial charge on any atom is -0.465 e.